The summed E-state index contributed by atoms with van der Waals surface area (Å²) in [5.41, 5.74) is 0. The Morgan fingerprint density at radius 1 is 0.562 bits per heavy atom. The van der Waals surface area contributed by atoms with Crippen molar-refractivity contribution in [3.63, 3.8) is 0 Å². The highest BCUT2D eigenvalue weighted by Crippen LogP contribution is 2.41. The lowest BCUT2D eigenvalue weighted by atomic mass is 10.2. The SMILES string of the molecule is COc1cc(OCCC(=O)CCOc2cc(OC)c(OC)c(OC)c2)cc(OC)c1OC. The van der Waals surface area contributed by atoms with Gasteiger partial charge in [0.2, 0.25) is 11.5 Å². The lowest BCUT2D eigenvalue weighted by Crippen LogP contribution is -2.10. The first-order valence-electron chi connectivity index (χ1n) is 9.88. The van der Waals surface area contributed by atoms with Crippen LogP contribution in [0.15, 0.2) is 24.3 Å². The Morgan fingerprint density at radius 3 is 1.12 bits per heavy atom. The summed E-state index contributed by atoms with van der Waals surface area (Å²) in [6.45, 7) is 0.420. The van der Waals surface area contributed by atoms with Crippen molar-refractivity contribution in [1.29, 1.82) is 0 Å². The smallest absolute Gasteiger partial charge is 0.203 e. The van der Waals surface area contributed by atoms with E-state index in [1.165, 1.54) is 42.7 Å². The van der Waals surface area contributed by atoms with Gasteiger partial charge in [-0.05, 0) is 0 Å². The summed E-state index contributed by atoms with van der Waals surface area (Å²) in [5.74, 6) is 3.90. The first kappa shape index (κ1) is 24.8. The molecule has 0 aliphatic carbocycles. The maximum absolute atomic E-state index is 12.2. The molecular weight excluding hydrogens is 420 g/mol. The van der Waals surface area contributed by atoms with Crippen molar-refractivity contribution in [2.75, 3.05) is 55.9 Å². The molecule has 2 aromatic rings. The molecule has 0 N–H and O–H groups in total. The average Bonchev–Trinajstić information content (AvgIpc) is 2.82. The Kier molecular flexibility index (Phi) is 9.59. The van der Waals surface area contributed by atoms with E-state index in [0.717, 1.165) is 0 Å². The summed E-state index contributed by atoms with van der Waals surface area (Å²) in [6.07, 6.45) is 0.463. The van der Waals surface area contributed by atoms with Gasteiger partial charge in [0.05, 0.1) is 55.9 Å². The van der Waals surface area contributed by atoms with Crippen LogP contribution >= 0.6 is 0 Å². The Bertz CT molecular complexity index is 774. The Labute approximate surface area is 188 Å². The summed E-state index contributed by atoms with van der Waals surface area (Å²) in [6, 6.07) is 6.72. The van der Waals surface area contributed by atoms with E-state index in [-0.39, 0.29) is 31.8 Å². The van der Waals surface area contributed by atoms with Gasteiger partial charge in [-0.1, -0.05) is 0 Å². The third kappa shape index (κ3) is 6.26. The summed E-state index contributed by atoms with van der Waals surface area (Å²) in [7, 11) is 9.16. The number of carbonyl (C=O) groups excluding carboxylic acids is 1. The number of benzene rings is 2. The van der Waals surface area contributed by atoms with Gasteiger partial charge in [0.1, 0.15) is 17.3 Å². The molecule has 0 saturated carbocycles. The van der Waals surface area contributed by atoms with Crippen molar-refractivity contribution < 1.29 is 42.7 Å². The molecule has 176 valence electrons. The van der Waals surface area contributed by atoms with Crippen molar-refractivity contribution >= 4 is 5.78 Å². The monoisotopic (exact) mass is 450 g/mol. The standard InChI is InChI=1S/C23H30O9/c1-25-18-11-16(12-19(26-2)22(18)29-5)31-9-7-15(24)8-10-32-17-13-20(27-3)23(30-6)21(14-17)28-4/h11-14H,7-10H2,1-6H3. The highest BCUT2D eigenvalue weighted by Gasteiger charge is 2.15. The Balaban J connectivity index is 1.86. The van der Waals surface area contributed by atoms with Gasteiger partial charge in [0.25, 0.3) is 0 Å². The van der Waals surface area contributed by atoms with E-state index < -0.39 is 0 Å². The Morgan fingerprint density at radius 2 is 0.875 bits per heavy atom. The molecule has 9 heteroatoms. The van der Waals surface area contributed by atoms with Crippen LogP contribution in [0.1, 0.15) is 12.8 Å². The normalized spacial score (nSPS) is 10.2. The number of methoxy groups -OCH3 is 6. The zero-order valence-electron chi connectivity index (χ0n) is 19.3. The molecular formula is C23H30O9. The Hall–Kier alpha value is -3.49. The van der Waals surface area contributed by atoms with E-state index in [4.69, 9.17) is 37.9 Å². The molecule has 2 aromatic carbocycles. The van der Waals surface area contributed by atoms with Crippen LogP contribution in [0.5, 0.6) is 46.0 Å². The number of carbonyl (C=O) groups is 1. The zero-order chi connectivity index (χ0) is 23.5. The van der Waals surface area contributed by atoms with Crippen molar-refractivity contribution in [1.82, 2.24) is 0 Å². The number of rotatable bonds is 14. The van der Waals surface area contributed by atoms with E-state index in [9.17, 15) is 4.79 Å². The first-order chi connectivity index (χ1) is 15.5. The van der Waals surface area contributed by atoms with Crippen molar-refractivity contribution in [3.8, 4) is 46.0 Å². The van der Waals surface area contributed by atoms with Crippen LogP contribution < -0.4 is 37.9 Å². The molecule has 0 bridgehead atoms. The maximum Gasteiger partial charge on any atom is 0.203 e. The average molecular weight is 450 g/mol. The minimum atomic E-state index is 0.00452. The fraction of sp³-hybridized carbons (Fsp3) is 0.435. The van der Waals surface area contributed by atoms with Gasteiger partial charge in [-0.3, -0.25) is 4.79 Å². The molecule has 2 rings (SSSR count). The minimum absolute atomic E-state index is 0.00452. The molecule has 0 radical (unpaired) electrons. The number of ether oxygens (including phenoxy) is 8. The summed E-state index contributed by atoms with van der Waals surface area (Å²) in [5, 5.41) is 0. The van der Waals surface area contributed by atoms with Gasteiger partial charge in [-0.2, -0.15) is 0 Å². The van der Waals surface area contributed by atoms with Crippen LogP contribution in [0.4, 0.5) is 0 Å². The highest BCUT2D eigenvalue weighted by molar-refractivity contribution is 5.78. The third-order valence-corrected chi connectivity index (χ3v) is 4.58. The van der Waals surface area contributed by atoms with Gasteiger partial charge in [0, 0.05) is 37.1 Å². The summed E-state index contributed by atoms with van der Waals surface area (Å²) >= 11 is 0. The fourth-order valence-electron chi connectivity index (χ4n) is 2.97. The molecule has 32 heavy (non-hydrogen) atoms. The van der Waals surface area contributed by atoms with Crippen molar-refractivity contribution in [2.45, 2.75) is 12.8 Å². The molecule has 0 aliphatic rings. The summed E-state index contributed by atoms with van der Waals surface area (Å²) in [4.78, 5) is 12.2. The second-order valence-corrected chi connectivity index (χ2v) is 6.46. The molecule has 0 atom stereocenters. The number of hydrogen-bond acceptors (Lipinski definition) is 9. The van der Waals surface area contributed by atoms with E-state index in [2.05, 4.69) is 0 Å². The van der Waals surface area contributed by atoms with Crippen LogP contribution in [0.25, 0.3) is 0 Å². The second kappa shape index (κ2) is 12.4. The fourth-order valence-corrected chi connectivity index (χ4v) is 2.97. The molecule has 0 saturated heterocycles. The highest BCUT2D eigenvalue weighted by atomic mass is 16.5. The van der Waals surface area contributed by atoms with E-state index in [1.807, 2.05) is 0 Å². The topological polar surface area (TPSA) is 90.9 Å². The molecule has 0 fully saturated rings. The molecule has 0 spiro atoms. The van der Waals surface area contributed by atoms with Crippen LogP contribution in [0.2, 0.25) is 0 Å². The molecule has 0 heterocycles. The second-order valence-electron chi connectivity index (χ2n) is 6.46. The van der Waals surface area contributed by atoms with Gasteiger partial charge in [0.15, 0.2) is 23.0 Å². The quantitative estimate of drug-likeness (QED) is 0.428. The van der Waals surface area contributed by atoms with Gasteiger partial charge >= 0.3 is 0 Å². The molecule has 0 unspecified atom stereocenters. The van der Waals surface area contributed by atoms with Crippen LogP contribution in [0.3, 0.4) is 0 Å². The lowest BCUT2D eigenvalue weighted by Gasteiger charge is -2.15. The van der Waals surface area contributed by atoms with E-state index >= 15 is 0 Å². The zero-order valence-corrected chi connectivity index (χ0v) is 19.3. The van der Waals surface area contributed by atoms with E-state index in [0.29, 0.717) is 46.0 Å². The van der Waals surface area contributed by atoms with E-state index in [1.54, 1.807) is 24.3 Å². The van der Waals surface area contributed by atoms with Crippen LogP contribution in [-0.4, -0.2) is 61.7 Å². The predicted molar refractivity (Wildman–Crippen MR) is 117 cm³/mol. The van der Waals surface area contributed by atoms with Crippen molar-refractivity contribution in [2.24, 2.45) is 0 Å². The van der Waals surface area contributed by atoms with Gasteiger partial charge in [-0.25, -0.2) is 0 Å². The van der Waals surface area contributed by atoms with Gasteiger partial charge < -0.3 is 37.9 Å². The number of hydrogen-bond donors (Lipinski definition) is 0. The molecule has 9 nitrogen and oxygen atoms in total. The summed E-state index contributed by atoms with van der Waals surface area (Å²) < 4.78 is 43.1. The predicted octanol–water partition coefficient (Wildman–Crippen LogP) is 3.55. The van der Waals surface area contributed by atoms with Crippen LogP contribution in [-0.2, 0) is 4.79 Å². The first-order valence-corrected chi connectivity index (χ1v) is 9.88. The third-order valence-electron chi connectivity index (χ3n) is 4.58. The molecule has 0 aliphatic heterocycles. The largest absolute Gasteiger partial charge is 0.493 e. The van der Waals surface area contributed by atoms with Gasteiger partial charge in [-0.15, -0.1) is 0 Å². The van der Waals surface area contributed by atoms with Crippen molar-refractivity contribution in [3.05, 3.63) is 24.3 Å². The molecule has 0 amide bonds. The maximum atomic E-state index is 12.2. The lowest BCUT2D eigenvalue weighted by molar-refractivity contribution is -0.120. The number of ketones is 1. The number of Topliss-reactive ketones (excluding diaryl/α,β-unsaturated/α-hetero) is 1. The minimum Gasteiger partial charge on any atom is -0.493 e. The molecule has 0 aromatic heterocycles. The van der Waals surface area contributed by atoms with Crippen LogP contribution in [0, 0.1) is 0 Å².